The van der Waals surface area contributed by atoms with Crippen molar-refractivity contribution in [3.63, 3.8) is 0 Å². The second-order valence-electron chi connectivity index (χ2n) is 6.96. The molecule has 1 amide bonds. The first-order valence-corrected chi connectivity index (χ1v) is 9.78. The SMILES string of the molecule is Cc1ccc(NCC(=O)Nc2nc(-c3ccccc3)cc(-c3ccccc3)n2)cc1. The summed E-state index contributed by atoms with van der Waals surface area (Å²) < 4.78 is 0. The molecule has 0 spiro atoms. The number of hydrogen-bond acceptors (Lipinski definition) is 4. The molecule has 0 aliphatic rings. The maximum absolute atomic E-state index is 12.5. The number of anilines is 2. The highest BCUT2D eigenvalue weighted by Gasteiger charge is 2.11. The van der Waals surface area contributed by atoms with Crippen molar-refractivity contribution in [2.75, 3.05) is 17.2 Å². The monoisotopic (exact) mass is 394 g/mol. The summed E-state index contributed by atoms with van der Waals surface area (Å²) in [4.78, 5) is 21.6. The molecule has 148 valence electrons. The van der Waals surface area contributed by atoms with Gasteiger partial charge in [-0.1, -0.05) is 78.4 Å². The lowest BCUT2D eigenvalue weighted by atomic mass is 10.1. The van der Waals surface area contributed by atoms with Crippen LogP contribution in [-0.2, 0) is 4.79 Å². The number of amides is 1. The summed E-state index contributed by atoms with van der Waals surface area (Å²) in [6.45, 7) is 2.15. The van der Waals surface area contributed by atoms with Gasteiger partial charge in [-0.05, 0) is 25.1 Å². The van der Waals surface area contributed by atoms with E-state index in [2.05, 4.69) is 20.6 Å². The van der Waals surface area contributed by atoms with E-state index in [1.54, 1.807) is 0 Å². The Morgan fingerprint density at radius 3 is 1.83 bits per heavy atom. The van der Waals surface area contributed by atoms with Gasteiger partial charge in [-0.3, -0.25) is 10.1 Å². The fourth-order valence-electron chi connectivity index (χ4n) is 3.04. The van der Waals surface area contributed by atoms with E-state index < -0.39 is 0 Å². The van der Waals surface area contributed by atoms with E-state index in [1.165, 1.54) is 5.56 Å². The number of nitrogens with zero attached hydrogens (tertiary/aromatic N) is 2. The number of aryl methyl sites for hydroxylation is 1. The van der Waals surface area contributed by atoms with Crippen molar-refractivity contribution < 1.29 is 4.79 Å². The number of rotatable bonds is 6. The topological polar surface area (TPSA) is 66.9 Å². The van der Waals surface area contributed by atoms with E-state index in [0.717, 1.165) is 28.2 Å². The van der Waals surface area contributed by atoms with E-state index in [9.17, 15) is 4.79 Å². The van der Waals surface area contributed by atoms with E-state index >= 15 is 0 Å². The van der Waals surface area contributed by atoms with Crippen molar-refractivity contribution in [2.24, 2.45) is 0 Å². The van der Waals surface area contributed by atoms with Crippen molar-refractivity contribution in [1.29, 1.82) is 0 Å². The fourth-order valence-corrected chi connectivity index (χ4v) is 3.04. The number of benzene rings is 3. The average Bonchev–Trinajstić information content (AvgIpc) is 2.80. The number of nitrogens with one attached hydrogen (secondary N) is 2. The largest absolute Gasteiger partial charge is 0.376 e. The summed E-state index contributed by atoms with van der Waals surface area (Å²) in [5, 5.41) is 5.94. The van der Waals surface area contributed by atoms with Crippen molar-refractivity contribution in [3.8, 4) is 22.5 Å². The Bertz CT molecular complexity index is 1070. The molecule has 0 atom stereocenters. The highest BCUT2D eigenvalue weighted by Crippen LogP contribution is 2.25. The summed E-state index contributed by atoms with van der Waals surface area (Å²) in [5.74, 6) is 0.0747. The first-order valence-electron chi connectivity index (χ1n) is 9.78. The van der Waals surface area contributed by atoms with Gasteiger partial charge in [0.1, 0.15) is 0 Å². The van der Waals surface area contributed by atoms with Gasteiger partial charge in [0, 0.05) is 16.8 Å². The average molecular weight is 394 g/mol. The number of aromatic nitrogens is 2. The molecule has 4 rings (SSSR count). The summed E-state index contributed by atoms with van der Waals surface area (Å²) in [5.41, 5.74) is 5.50. The first kappa shape index (κ1) is 19.3. The molecule has 0 saturated carbocycles. The van der Waals surface area contributed by atoms with Crippen LogP contribution in [0.25, 0.3) is 22.5 Å². The van der Waals surface area contributed by atoms with Crippen LogP contribution in [0, 0.1) is 6.92 Å². The molecule has 0 aliphatic heterocycles. The molecule has 0 radical (unpaired) electrons. The van der Waals surface area contributed by atoms with Crippen LogP contribution in [0.4, 0.5) is 11.6 Å². The second-order valence-corrected chi connectivity index (χ2v) is 6.96. The summed E-state index contributed by atoms with van der Waals surface area (Å²) in [6, 6.07) is 29.5. The van der Waals surface area contributed by atoms with Crippen LogP contribution in [0.1, 0.15) is 5.56 Å². The van der Waals surface area contributed by atoms with Gasteiger partial charge < -0.3 is 5.32 Å². The minimum Gasteiger partial charge on any atom is -0.376 e. The maximum Gasteiger partial charge on any atom is 0.246 e. The summed E-state index contributed by atoms with van der Waals surface area (Å²) in [6.07, 6.45) is 0. The van der Waals surface area contributed by atoms with Crippen LogP contribution in [0.5, 0.6) is 0 Å². The molecule has 5 nitrogen and oxygen atoms in total. The van der Waals surface area contributed by atoms with Crippen molar-refractivity contribution in [1.82, 2.24) is 9.97 Å². The van der Waals surface area contributed by atoms with Crippen LogP contribution in [0.15, 0.2) is 91.0 Å². The van der Waals surface area contributed by atoms with E-state index in [0.29, 0.717) is 0 Å². The van der Waals surface area contributed by atoms with Crippen LogP contribution in [0.3, 0.4) is 0 Å². The standard InChI is InChI=1S/C25H22N4O/c1-18-12-14-21(15-13-18)26-17-24(30)29-25-27-22(19-8-4-2-5-9-19)16-23(28-25)20-10-6-3-7-11-20/h2-16,26H,17H2,1H3,(H,27,28,29,30). The molecule has 1 aromatic heterocycles. The van der Waals surface area contributed by atoms with Crippen LogP contribution < -0.4 is 10.6 Å². The molecule has 30 heavy (non-hydrogen) atoms. The van der Waals surface area contributed by atoms with Crippen LogP contribution in [0.2, 0.25) is 0 Å². The van der Waals surface area contributed by atoms with Gasteiger partial charge in [0.25, 0.3) is 0 Å². The van der Waals surface area contributed by atoms with Gasteiger partial charge in [0.05, 0.1) is 17.9 Å². The van der Waals surface area contributed by atoms with E-state index in [1.807, 2.05) is 97.9 Å². The lowest BCUT2D eigenvalue weighted by Gasteiger charge is -2.11. The van der Waals surface area contributed by atoms with Gasteiger partial charge in [-0.25, -0.2) is 9.97 Å². The number of carbonyl (C=O) groups excluding carboxylic acids is 1. The Morgan fingerprint density at radius 1 is 0.767 bits per heavy atom. The Labute approximate surface area is 175 Å². The Kier molecular flexibility index (Phi) is 5.80. The number of carbonyl (C=O) groups is 1. The molecule has 1 heterocycles. The van der Waals surface area contributed by atoms with Crippen LogP contribution >= 0.6 is 0 Å². The summed E-state index contributed by atoms with van der Waals surface area (Å²) in [7, 11) is 0. The zero-order valence-corrected chi connectivity index (χ0v) is 16.7. The highest BCUT2D eigenvalue weighted by molar-refractivity contribution is 5.92. The Hall–Kier alpha value is -3.99. The molecular formula is C25H22N4O. The molecule has 2 N–H and O–H groups in total. The van der Waals surface area contributed by atoms with E-state index in [4.69, 9.17) is 0 Å². The summed E-state index contributed by atoms with van der Waals surface area (Å²) >= 11 is 0. The lowest BCUT2D eigenvalue weighted by Crippen LogP contribution is -2.23. The molecule has 3 aromatic carbocycles. The third-order valence-corrected chi connectivity index (χ3v) is 4.62. The third-order valence-electron chi connectivity index (χ3n) is 4.62. The minimum absolute atomic E-state index is 0.128. The Morgan fingerprint density at radius 2 is 1.30 bits per heavy atom. The quantitative estimate of drug-likeness (QED) is 0.473. The van der Waals surface area contributed by atoms with Gasteiger partial charge in [-0.15, -0.1) is 0 Å². The molecular weight excluding hydrogens is 372 g/mol. The molecule has 0 aliphatic carbocycles. The van der Waals surface area contributed by atoms with E-state index in [-0.39, 0.29) is 18.4 Å². The molecule has 0 saturated heterocycles. The van der Waals surface area contributed by atoms with Gasteiger partial charge >= 0.3 is 0 Å². The third kappa shape index (κ3) is 4.89. The predicted molar refractivity (Wildman–Crippen MR) is 121 cm³/mol. The molecule has 0 bridgehead atoms. The minimum atomic E-state index is -0.209. The molecule has 4 aromatic rings. The first-order chi connectivity index (χ1) is 14.7. The van der Waals surface area contributed by atoms with Crippen molar-refractivity contribution >= 4 is 17.5 Å². The zero-order valence-electron chi connectivity index (χ0n) is 16.7. The van der Waals surface area contributed by atoms with Crippen LogP contribution in [-0.4, -0.2) is 22.4 Å². The molecule has 0 fully saturated rings. The molecule has 0 unspecified atom stereocenters. The fraction of sp³-hybridized carbons (Fsp3) is 0.0800. The predicted octanol–water partition coefficient (Wildman–Crippen LogP) is 5.17. The van der Waals surface area contributed by atoms with Crippen molar-refractivity contribution in [3.05, 3.63) is 96.6 Å². The van der Waals surface area contributed by atoms with Gasteiger partial charge in [0.15, 0.2) is 0 Å². The second kappa shape index (κ2) is 9.01. The Balaban J connectivity index is 1.57. The smallest absolute Gasteiger partial charge is 0.246 e. The van der Waals surface area contributed by atoms with Gasteiger partial charge in [-0.2, -0.15) is 0 Å². The lowest BCUT2D eigenvalue weighted by molar-refractivity contribution is -0.114. The maximum atomic E-state index is 12.5. The molecule has 5 heteroatoms. The van der Waals surface area contributed by atoms with Crippen molar-refractivity contribution in [2.45, 2.75) is 6.92 Å². The van der Waals surface area contributed by atoms with Gasteiger partial charge in [0.2, 0.25) is 11.9 Å². The number of hydrogen-bond donors (Lipinski definition) is 2. The normalized spacial score (nSPS) is 10.4. The zero-order chi connectivity index (χ0) is 20.8. The highest BCUT2D eigenvalue weighted by atomic mass is 16.2.